The number of nitrogens with zero attached hydrogens (tertiary/aromatic N) is 3. The average molecular weight is 250 g/mol. The summed E-state index contributed by atoms with van der Waals surface area (Å²) >= 11 is 0. The van der Waals surface area contributed by atoms with E-state index in [0.29, 0.717) is 11.5 Å². The van der Waals surface area contributed by atoms with Gasteiger partial charge in [0, 0.05) is 32.0 Å². The molecule has 0 aliphatic rings. The minimum Gasteiger partial charge on any atom is -0.352 e. The van der Waals surface area contributed by atoms with Gasteiger partial charge in [0.15, 0.2) is 0 Å². The lowest BCUT2D eigenvalue weighted by Crippen LogP contribution is -2.28. The first-order valence-corrected chi connectivity index (χ1v) is 6.38. The number of unbranched alkanes of at least 4 members (excludes halogenated alkanes) is 1. The van der Waals surface area contributed by atoms with E-state index in [9.17, 15) is 4.79 Å². The highest BCUT2D eigenvalue weighted by molar-refractivity contribution is 5.93. The second-order valence-electron chi connectivity index (χ2n) is 4.67. The Labute approximate surface area is 109 Å². The Morgan fingerprint density at radius 2 is 2.00 bits per heavy atom. The third kappa shape index (κ3) is 4.31. The van der Waals surface area contributed by atoms with Crippen molar-refractivity contribution in [3.63, 3.8) is 0 Å². The average Bonchev–Trinajstić information content (AvgIpc) is 2.35. The molecule has 5 nitrogen and oxygen atoms in total. The van der Waals surface area contributed by atoms with Gasteiger partial charge in [0.1, 0.15) is 0 Å². The Bertz CT molecular complexity index is 375. The SMILES string of the molecule is CCCCN(C)C(=O)c1cnc(NC(C)C)nc1. The predicted molar refractivity (Wildman–Crippen MR) is 72.7 cm³/mol. The van der Waals surface area contributed by atoms with Crippen LogP contribution in [0.4, 0.5) is 5.95 Å². The van der Waals surface area contributed by atoms with E-state index in [0.717, 1.165) is 19.4 Å². The lowest BCUT2D eigenvalue weighted by atomic mass is 10.2. The van der Waals surface area contributed by atoms with E-state index >= 15 is 0 Å². The summed E-state index contributed by atoms with van der Waals surface area (Å²) in [7, 11) is 1.80. The zero-order valence-electron chi connectivity index (χ0n) is 11.6. The summed E-state index contributed by atoms with van der Waals surface area (Å²) in [5.74, 6) is 0.525. The summed E-state index contributed by atoms with van der Waals surface area (Å²) in [6, 6.07) is 0.277. The molecule has 0 saturated carbocycles. The summed E-state index contributed by atoms with van der Waals surface area (Å²) in [5.41, 5.74) is 0.530. The van der Waals surface area contributed by atoms with Gasteiger partial charge in [0.2, 0.25) is 5.95 Å². The molecule has 0 radical (unpaired) electrons. The molecule has 0 atom stereocenters. The molecular weight excluding hydrogens is 228 g/mol. The van der Waals surface area contributed by atoms with Crippen LogP contribution in [0.15, 0.2) is 12.4 Å². The van der Waals surface area contributed by atoms with Crippen LogP contribution < -0.4 is 5.32 Å². The van der Waals surface area contributed by atoms with Crippen LogP contribution in [0.5, 0.6) is 0 Å². The molecule has 1 N–H and O–H groups in total. The Balaban J connectivity index is 2.63. The van der Waals surface area contributed by atoms with Gasteiger partial charge in [-0.05, 0) is 20.3 Å². The van der Waals surface area contributed by atoms with E-state index in [1.807, 2.05) is 13.8 Å². The molecule has 18 heavy (non-hydrogen) atoms. The van der Waals surface area contributed by atoms with Crippen molar-refractivity contribution in [3.8, 4) is 0 Å². The predicted octanol–water partition coefficient (Wildman–Crippen LogP) is 2.17. The van der Waals surface area contributed by atoms with Crippen LogP contribution in [0, 0.1) is 0 Å². The zero-order chi connectivity index (χ0) is 13.5. The van der Waals surface area contributed by atoms with E-state index in [1.165, 1.54) is 0 Å². The molecule has 1 heterocycles. The second kappa shape index (κ2) is 6.93. The molecule has 1 aromatic rings. The largest absolute Gasteiger partial charge is 0.352 e. The molecular formula is C13H22N4O. The molecule has 0 fully saturated rings. The quantitative estimate of drug-likeness (QED) is 0.840. The van der Waals surface area contributed by atoms with Crippen LogP contribution in [0.3, 0.4) is 0 Å². The maximum Gasteiger partial charge on any atom is 0.256 e. The van der Waals surface area contributed by atoms with E-state index in [-0.39, 0.29) is 11.9 Å². The van der Waals surface area contributed by atoms with Crippen molar-refractivity contribution in [1.29, 1.82) is 0 Å². The number of amides is 1. The molecule has 0 spiro atoms. The number of hydrogen-bond acceptors (Lipinski definition) is 4. The number of carbonyl (C=O) groups is 1. The molecule has 1 amide bonds. The standard InChI is InChI=1S/C13H22N4O/c1-5-6-7-17(4)12(18)11-8-14-13(15-9-11)16-10(2)3/h8-10H,5-7H2,1-4H3,(H,14,15,16). The Hall–Kier alpha value is -1.65. The van der Waals surface area contributed by atoms with Crippen LogP contribution in [-0.4, -0.2) is 40.4 Å². The Kier molecular flexibility index (Phi) is 5.55. The summed E-state index contributed by atoms with van der Waals surface area (Å²) in [6.45, 7) is 6.90. The van der Waals surface area contributed by atoms with Crippen molar-refractivity contribution in [2.24, 2.45) is 0 Å². The highest BCUT2D eigenvalue weighted by Crippen LogP contribution is 2.05. The van der Waals surface area contributed by atoms with E-state index in [4.69, 9.17) is 0 Å². The summed E-state index contributed by atoms with van der Waals surface area (Å²) in [6.07, 6.45) is 5.23. The van der Waals surface area contributed by atoms with Gasteiger partial charge >= 0.3 is 0 Å². The smallest absolute Gasteiger partial charge is 0.256 e. The molecule has 1 aromatic heterocycles. The number of anilines is 1. The molecule has 0 saturated heterocycles. The van der Waals surface area contributed by atoms with Crippen LogP contribution in [0.2, 0.25) is 0 Å². The Morgan fingerprint density at radius 1 is 1.39 bits per heavy atom. The number of rotatable bonds is 6. The summed E-state index contributed by atoms with van der Waals surface area (Å²) in [4.78, 5) is 22.0. The first-order valence-electron chi connectivity index (χ1n) is 6.38. The third-order valence-electron chi connectivity index (χ3n) is 2.51. The molecule has 0 aliphatic carbocycles. The van der Waals surface area contributed by atoms with Gasteiger partial charge in [-0.2, -0.15) is 0 Å². The van der Waals surface area contributed by atoms with E-state index < -0.39 is 0 Å². The fourth-order valence-electron chi connectivity index (χ4n) is 1.49. The molecule has 1 rings (SSSR count). The van der Waals surface area contributed by atoms with Gasteiger partial charge in [-0.1, -0.05) is 13.3 Å². The van der Waals surface area contributed by atoms with Gasteiger partial charge in [-0.15, -0.1) is 0 Å². The maximum atomic E-state index is 12.0. The molecule has 0 aromatic carbocycles. The second-order valence-corrected chi connectivity index (χ2v) is 4.67. The van der Waals surface area contributed by atoms with Crippen LogP contribution in [-0.2, 0) is 0 Å². The zero-order valence-corrected chi connectivity index (χ0v) is 11.6. The monoisotopic (exact) mass is 250 g/mol. The normalized spacial score (nSPS) is 10.5. The van der Waals surface area contributed by atoms with Crippen molar-refractivity contribution in [1.82, 2.24) is 14.9 Å². The topological polar surface area (TPSA) is 58.1 Å². The van der Waals surface area contributed by atoms with E-state index in [1.54, 1.807) is 24.3 Å². The van der Waals surface area contributed by atoms with Crippen LogP contribution >= 0.6 is 0 Å². The van der Waals surface area contributed by atoms with E-state index in [2.05, 4.69) is 22.2 Å². The van der Waals surface area contributed by atoms with Crippen molar-refractivity contribution in [3.05, 3.63) is 18.0 Å². The number of aromatic nitrogens is 2. The lowest BCUT2D eigenvalue weighted by molar-refractivity contribution is 0.0792. The van der Waals surface area contributed by atoms with Crippen LogP contribution in [0.1, 0.15) is 44.0 Å². The first-order chi connectivity index (χ1) is 8.54. The molecule has 100 valence electrons. The Morgan fingerprint density at radius 3 is 2.50 bits per heavy atom. The molecule has 0 unspecified atom stereocenters. The first kappa shape index (κ1) is 14.4. The van der Waals surface area contributed by atoms with Crippen LogP contribution in [0.25, 0.3) is 0 Å². The van der Waals surface area contributed by atoms with Crippen molar-refractivity contribution >= 4 is 11.9 Å². The van der Waals surface area contributed by atoms with Crippen molar-refractivity contribution in [2.75, 3.05) is 18.9 Å². The fraction of sp³-hybridized carbons (Fsp3) is 0.615. The number of hydrogen-bond donors (Lipinski definition) is 1. The summed E-state index contributed by atoms with van der Waals surface area (Å²) in [5, 5.41) is 3.09. The highest BCUT2D eigenvalue weighted by Gasteiger charge is 2.12. The van der Waals surface area contributed by atoms with Gasteiger partial charge in [-0.3, -0.25) is 4.79 Å². The highest BCUT2D eigenvalue weighted by atomic mass is 16.2. The minimum atomic E-state index is -0.0282. The van der Waals surface area contributed by atoms with Gasteiger partial charge in [0.05, 0.1) is 5.56 Å². The number of carbonyl (C=O) groups excluding carboxylic acids is 1. The lowest BCUT2D eigenvalue weighted by Gasteiger charge is -2.16. The van der Waals surface area contributed by atoms with Gasteiger partial charge in [-0.25, -0.2) is 9.97 Å². The number of nitrogens with one attached hydrogen (secondary N) is 1. The van der Waals surface area contributed by atoms with Crippen molar-refractivity contribution in [2.45, 2.75) is 39.7 Å². The third-order valence-corrected chi connectivity index (χ3v) is 2.51. The molecule has 0 aliphatic heterocycles. The van der Waals surface area contributed by atoms with Gasteiger partial charge < -0.3 is 10.2 Å². The summed E-state index contributed by atoms with van der Waals surface area (Å²) < 4.78 is 0. The minimum absolute atomic E-state index is 0.0282. The van der Waals surface area contributed by atoms with Crippen molar-refractivity contribution < 1.29 is 4.79 Å². The molecule has 5 heteroatoms. The fourth-order valence-corrected chi connectivity index (χ4v) is 1.49. The molecule has 0 bridgehead atoms. The maximum absolute atomic E-state index is 12.0. The van der Waals surface area contributed by atoms with Gasteiger partial charge in [0.25, 0.3) is 5.91 Å².